The molecule has 1 N–H and O–H groups in total. The van der Waals surface area contributed by atoms with Crippen molar-refractivity contribution in [3.63, 3.8) is 0 Å². The van der Waals surface area contributed by atoms with Crippen LogP contribution in [0.2, 0.25) is 0 Å². The van der Waals surface area contributed by atoms with Gasteiger partial charge in [-0.2, -0.15) is 0 Å². The molecule has 0 fully saturated rings. The molecule has 0 aliphatic carbocycles. The van der Waals surface area contributed by atoms with Gasteiger partial charge in [0.2, 0.25) is 5.91 Å². The van der Waals surface area contributed by atoms with E-state index < -0.39 is 4.92 Å². The van der Waals surface area contributed by atoms with E-state index in [9.17, 15) is 14.9 Å². The second-order valence-electron chi connectivity index (χ2n) is 7.20. The highest BCUT2D eigenvalue weighted by molar-refractivity contribution is 9.10. The van der Waals surface area contributed by atoms with Gasteiger partial charge in [-0.05, 0) is 57.6 Å². The van der Waals surface area contributed by atoms with Crippen LogP contribution in [0.15, 0.2) is 46.9 Å². The van der Waals surface area contributed by atoms with Crippen LogP contribution in [0.3, 0.4) is 0 Å². The summed E-state index contributed by atoms with van der Waals surface area (Å²) in [6.07, 6.45) is 0.862. The van der Waals surface area contributed by atoms with Gasteiger partial charge < -0.3 is 10.1 Å². The van der Waals surface area contributed by atoms with E-state index in [1.807, 2.05) is 12.1 Å². The fourth-order valence-electron chi connectivity index (χ4n) is 2.39. The average Bonchev–Trinajstić information content (AvgIpc) is 2.59. The van der Waals surface area contributed by atoms with Crippen LogP contribution in [-0.4, -0.2) is 17.4 Å². The Morgan fingerprint density at radius 3 is 2.41 bits per heavy atom. The Morgan fingerprint density at radius 2 is 1.85 bits per heavy atom. The summed E-state index contributed by atoms with van der Waals surface area (Å²) in [5.41, 5.74) is 1.80. The van der Waals surface area contributed by atoms with Crippen LogP contribution in [0.5, 0.6) is 5.75 Å². The minimum absolute atomic E-state index is 0.00976. The third kappa shape index (κ3) is 6.36. The number of hydrogen-bond acceptors (Lipinski definition) is 4. The molecular weight excluding hydrogens is 412 g/mol. The Labute approximate surface area is 167 Å². The van der Waals surface area contributed by atoms with E-state index in [0.717, 1.165) is 10.2 Å². The second-order valence-corrected chi connectivity index (χ2v) is 8.05. The number of non-ortho nitro benzene ring substituents is 1. The van der Waals surface area contributed by atoms with Gasteiger partial charge in [-0.15, -0.1) is 0 Å². The summed E-state index contributed by atoms with van der Waals surface area (Å²) < 4.78 is 6.64. The number of hydrogen-bond donors (Lipinski definition) is 1. The number of carbonyl (C=O) groups is 1. The Kier molecular flexibility index (Phi) is 6.96. The van der Waals surface area contributed by atoms with Crippen molar-refractivity contribution in [3.05, 3.63) is 62.6 Å². The summed E-state index contributed by atoms with van der Waals surface area (Å²) in [6, 6.07) is 11.8. The molecule has 0 unspecified atom stereocenters. The van der Waals surface area contributed by atoms with Gasteiger partial charge in [-0.3, -0.25) is 14.9 Å². The molecule has 0 saturated carbocycles. The molecule has 7 heteroatoms. The van der Waals surface area contributed by atoms with Gasteiger partial charge in [0.25, 0.3) is 5.69 Å². The van der Waals surface area contributed by atoms with E-state index >= 15 is 0 Å². The second kappa shape index (κ2) is 8.99. The lowest BCUT2D eigenvalue weighted by molar-refractivity contribution is -0.384. The third-order valence-corrected chi connectivity index (χ3v) is 4.59. The Balaban J connectivity index is 1.78. The summed E-state index contributed by atoms with van der Waals surface area (Å²) in [5.74, 6) is 0.591. The zero-order valence-electron chi connectivity index (χ0n) is 15.6. The predicted octanol–water partition coefficient (Wildman–Crippen LogP) is 5.45. The summed E-state index contributed by atoms with van der Waals surface area (Å²) in [6.45, 7) is 6.87. The minimum atomic E-state index is -0.477. The Bertz CT molecular complexity index is 814. The maximum atomic E-state index is 12.0. The number of halogens is 1. The normalized spacial score (nSPS) is 11.1. The van der Waals surface area contributed by atoms with Gasteiger partial charge in [0.15, 0.2) is 0 Å². The van der Waals surface area contributed by atoms with Gasteiger partial charge >= 0.3 is 0 Å². The fraction of sp³-hybridized carbons (Fsp3) is 0.350. The molecule has 2 aromatic rings. The fourth-order valence-corrected chi connectivity index (χ4v) is 2.88. The van der Waals surface area contributed by atoms with Crippen LogP contribution in [0.1, 0.15) is 39.2 Å². The molecule has 144 valence electrons. The van der Waals surface area contributed by atoms with E-state index in [4.69, 9.17) is 4.74 Å². The van der Waals surface area contributed by atoms with Crippen LogP contribution >= 0.6 is 15.9 Å². The summed E-state index contributed by atoms with van der Waals surface area (Å²) in [5, 5.41) is 13.3. The lowest BCUT2D eigenvalue weighted by Gasteiger charge is -2.20. The highest BCUT2D eigenvalue weighted by atomic mass is 79.9. The van der Waals surface area contributed by atoms with Crippen LogP contribution in [0.25, 0.3) is 0 Å². The van der Waals surface area contributed by atoms with Crippen LogP contribution in [0.4, 0.5) is 11.4 Å². The minimum Gasteiger partial charge on any atom is -0.492 e. The van der Waals surface area contributed by atoms with Crippen molar-refractivity contribution < 1.29 is 14.5 Å². The number of carbonyl (C=O) groups excluding carboxylic acids is 1. The lowest BCUT2D eigenvalue weighted by Crippen LogP contribution is -2.13. The number of nitro groups is 1. The summed E-state index contributed by atoms with van der Waals surface area (Å²) >= 11 is 3.53. The first-order valence-electron chi connectivity index (χ1n) is 8.64. The monoisotopic (exact) mass is 434 g/mol. The van der Waals surface area contributed by atoms with Crippen LogP contribution < -0.4 is 10.1 Å². The molecule has 2 rings (SSSR count). The first-order chi connectivity index (χ1) is 12.7. The van der Waals surface area contributed by atoms with Crippen molar-refractivity contribution in [1.82, 2.24) is 0 Å². The van der Waals surface area contributed by atoms with Crippen molar-refractivity contribution in [2.24, 2.45) is 0 Å². The average molecular weight is 435 g/mol. The first-order valence-corrected chi connectivity index (χ1v) is 9.43. The van der Waals surface area contributed by atoms with Gasteiger partial charge in [0.05, 0.1) is 16.0 Å². The lowest BCUT2D eigenvalue weighted by atomic mass is 9.87. The maximum absolute atomic E-state index is 12.0. The van der Waals surface area contributed by atoms with Crippen molar-refractivity contribution in [3.8, 4) is 5.75 Å². The van der Waals surface area contributed by atoms with Crippen LogP contribution in [-0.2, 0) is 10.2 Å². The number of rotatable bonds is 7. The maximum Gasteiger partial charge on any atom is 0.269 e. The smallest absolute Gasteiger partial charge is 0.269 e. The van der Waals surface area contributed by atoms with E-state index in [1.165, 1.54) is 29.8 Å². The van der Waals surface area contributed by atoms with E-state index in [1.54, 1.807) is 0 Å². The largest absolute Gasteiger partial charge is 0.492 e. The molecule has 6 nitrogen and oxygen atoms in total. The van der Waals surface area contributed by atoms with E-state index in [2.05, 4.69) is 48.1 Å². The van der Waals surface area contributed by atoms with Gasteiger partial charge in [0, 0.05) is 24.2 Å². The number of benzene rings is 2. The Morgan fingerprint density at radius 1 is 1.19 bits per heavy atom. The number of ether oxygens (including phenoxy) is 1. The van der Waals surface area contributed by atoms with Gasteiger partial charge in [-0.1, -0.05) is 26.8 Å². The summed E-state index contributed by atoms with van der Waals surface area (Å²) in [4.78, 5) is 22.1. The molecule has 0 heterocycles. The first kappa shape index (κ1) is 20.9. The topological polar surface area (TPSA) is 81.5 Å². The highest BCUT2D eigenvalue weighted by Gasteiger charge is 2.15. The zero-order chi connectivity index (χ0) is 20.0. The quantitative estimate of drug-likeness (QED) is 0.356. The number of nitro benzene ring substituents is 1. The molecule has 2 aromatic carbocycles. The van der Waals surface area contributed by atoms with Gasteiger partial charge in [-0.25, -0.2) is 0 Å². The van der Waals surface area contributed by atoms with Crippen LogP contribution in [0, 0.1) is 10.1 Å². The molecule has 0 spiro atoms. The molecule has 1 amide bonds. The molecule has 0 atom stereocenters. The molecule has 0 saturated heterocycles. The predicted molar refractivity (Wildman–Crippen MR) is 109 cm³/mol. The molecular formula is C20H23BrN2O4. The molecule has 27 heavy (non-hydrogen) atoms. The molecule has 0 aromatic heterocycles. The number of amides is 1. The zero-order valence-corrected chi connectivity index (χ0v) is 17.2. The standard InChI is InChI=1S/C20H23BrN2O4/c1-20(2,3)14-6-11-18(17(21)13-14)27-12-4-5-19(24)22-15-7-9-16(10-8-15)23(25)26/h6-11,13H,4-5,12H2,1-3H3,(H,22,24). The SMILES string of the molecule is CC(C)(C)c1ccc(OCCCC(=O)Nc2ccc([N+](=O)[O-])cc2)c(Br)c1. The van der Waals surface area contributed by atoms with Crippen molar-refractivity contribution in [2.45, 2.75) is 39.0 Å². The highest BCUT2D eigenvalue weighted by Crippen LogP contribution is 2.31. The molecule has 0 aliphatic heterocycles. The van der Waals surface area contributed by atoms with E-state index in [0.29, 0.717) is 25.1 Å². The van der Waals surface area contributed by atoms with Crippen molar-refractivity contribution in [1.29, 1.82) is 0 Å². The van der Waals surface area contributed by atoms with Crippen molar-refractivity contribution in [2.75, 3.05) is 11.9 Å². The third-order valence-electron chi connectivity index (χ3n) is 3.97. The molecule has 0 radical (unpaired) electrons. The summed E-state index contributed by atoms with van der Waals surface area (Å²) in [7, 11) is 0. The Hall–Kier alpha value is -2.41. The molecule has 0 bridgehead atoms. The molecule has 0 aliphatic rings. The number of nitrogens with zero attached hydrogens (tertiary/aromatic N) is 1. The number of nitrogens with one attached hydrogen (secondary N) is 1. The van der Waals surface area contributed by atoms with Gasteiger partial charge in [0.1, 0.15) is 5.75 Å². The van der Waals surface area contributed by atoms with Crippen molar-refractivity contribution >= 4 is 33.2 Å². The number of anilines is 1. The van der Waals surface area contributed by atoms with E-state index in [-0.39, 0.29) is 17.0 Å².